The summed E-state index contributed by atoms with van der Waals surface area (Å²) in [5.41, 5.74) is 1.91. The number of nitrogens with zero attached hydrogens (tertiary/aromatic N) is 5. The molecule has 0 spiro atoms. The summed E-state index contributed by atoms with van der Waals surface area (Å²) in [6.45, 7) is 7.17. The number of alkyl halides is 3. The fourth-order valence-corrected chi connectivity index (χ4v) is 5.24. The molecule has 218 valence electrons. The van der Waals surface area contributed by atoms with Crippen molar-refractivity contribution in [2.45, 2.75) is 33.1 Å². The summed E-state index contributed by atoms with van der Waals surface area (Å²) in [6, 6.07) is 7.39. The quantitative estimate of drug-likeness (QED) is 0.158. The van der Waals surface area contributed by atoms with Gasteiger partial charge in [-0.15, -0.1) is 0 Å². The first-order chi connectivity index (χ1) is 19.4. The molecule has 0 atom stereocenters. The van der Waals surface area contributed by atoms with Crippen LogP contribution in [0.5, 0.6) is 5.75 Å². The Kier molecular flexibility index (Phi) is 8.18. The summed E-state index contributed by atoms with van der Waals surface area (Å²) >= 11 is 12.6. The highest BCUT2D eigenvalue weighted by molar-refractivity contribution is 6.34. The first kappa shape index (κ1) is 29.2. The number of carbonyl (C=O) groups is 1. The number of imidazole rings is 1. The second-order valence-corrected chi connectivity index (χ2v) is 10.9. The van der Waals surface area contributed by atoms with E-state index in [1.807, 2.05) is 23.3 Å². The maximum Gasteiger partial charge on any atom is 0.491 e. The van der Waals surface area contributed by atoms with Crippen LogP contribution in [0, 0.1) is 11.7 Å². The van der Waals surface area contributed by atoms with E-state index in [0.717, 1.165) is 0 Å². The molecule has 1 aliphatic heterocycles. The molecule has 2 aromatic heterocycles. The third-order valence-corrected chi connectivity index (χ3v) is 7.16. The van der Waals surface area contributed by atoms with Crippen molar-refractivity contribution >= 4 is 46.2 Å². The minimum atomic E-state index is -5.25. The van der Waals surface area contributed by atoms with Gasteiger partial charge < -0.3 is 19.5 Å². The van der Waals surface area contributed by atoms with Crippen LogP contribution >= 0.6 is 23.2 Å². The minimum Gasteiger partial charge on any atom is -0.417 e. The molecule has 2 aromatic carbocycles. The van der Waals surface area contributed by atoms with E-state index in [1.165, 1.54) is 24.4 Å². The second kappa shape index (κ2) is 11.5. The highest BCUT2D eigenvalue weighted by Crippen LogP contribution is 2.44. The zero-order valence-corrected chi connectivity index (χ0v) is 23.6. The summed E-state index contributed by atoms with van der Waals surface area (Å²) in [7, 11) is 0. The van der Waals surface area contributed by atoms with Crippen molar-refractivity contribution in [3.05, 3.63) is 58.0 Å². The predicted octanol–water partition coefficient (Wildman–Crippen LogP) is 5.93. The maximum absolute atomic E-state index is 13.9. The Morgan fingerprint density at radius 2 is 1.85 bits per heavy atom. The SMILES string of the molecule is CC(C)Cn1nccc1-c1c(OC(=O)C(F)(F)F)c(Cl)cc2c1nc(N1CCNCC1)n2Cc1ccc(F)c(Cl)c1. The van der Waals surface area contributed by atoms with Crippen molar-refractivity contribution in [3.8, 4) is 17.0 Å². The number of fused-ring (bicyclic) bond motifs is 1. The molecule has 41 heavy (non-hydrogen) atoms. The molecule has 5 rings (SSSR count). The fourth-order valence-electron chi connectivity index (χ4n) is 4.80. The molecule has 0 saturated carbocycles. The van der Waals surface area contributed by atoms with Gasteiger partial charge in [0.1, 0.15) is 11.3 Å². The molecule has 1 fully saturated rings. The molecule has 3 heterocycles. The number of hydrogen-bond donors (Lipinski definition) is 1. The number of hydrogen-bond acceptors (Lipinski definition) is 6. The van der Waals surface area contributed by atoms with Crippen LogP contribution < -0.4 is 15.0 Å². The molecular weight excluding hydrogens is 587 g/mol. The van der Waals surface area contributed by atoms with E-state index in [1.54, 1.807) is 16.8 Å². The molecule has 0 aliphatic carbocycles. The van der Waals surface area contributed by atoms with E-state index < -0.39 is 23.7 Å². The van der Waals surface area contributed by atoms with Crippen LogP contribution in [0.4, 0.5) is 23.5 Å². The molecular formula is C27H26Cl2F4N6O2. The first-order valence-corrected chi connectivity index (χ1v) is 13.6. The van der Waals surface area contributed by atoms with Crippen molar-refractivity contribution in [1.29, 1.82) is 0 Å². The lowest BCUT2D eigenvalue weighted by Gasteiger charge is -2.29. The maximum atomic E-state index is 13.9. The number of carbonyl (C=O) groups excluding carboxylic acids is 1. The summed E-state index contributed by atoms with van der Waals surface area (Å²) < 4.78 is 62.2. The van der Waals surface area contributed by atoms with Gasteiger partial charge in [-0.25, -0.2) is 14.2 Å². The zero-order chi connectivity index (χ0) is 29.5. The van der Waals surface area contributed by atoms with E-state index in [-0.39, 0.29) is 33.6 Å². The van der Waals surface area contributed by atoms with E-state index in [9.17, 15) is 22.4 Å². The standard InChI is InChI=1S/C27H26Cl2F4N6O2/c1-15(2)13-39-20(5-6-35-39)22-23-21(12-18(29)24(22)41-25(40)27(31,32)33)38(14-16-3-4-19(30)17(28)11-16)26(36-23)37-9-7-34-8-10-37/h3-6,11-12,15,34H,7-10,13-14H2,1-2H3. The fraction of sp³-hybridized carbons (Fsp3) is 0.370. The molecule has 8 nitrogen and oxygen atoms in total. The van der Waals surface area contributed by atoms with E-state index in [0.29, 0.717) is 55.4 Å². The van der Waals surface area contributed by atoms with Crippen LogP contribution in [0.2, 0.25) is 10.0 Å². The van der Waals surface area contributed by atoms with Crippen LogP contribution in [0.25, 0.3) is 22.3 Å². The number of halogens is 6. The van der Waals surface area contributed by atoms with E-state index in [4.69, 9.17) is 32.9 Å². The van der Waals surface area contributed by atoms with Crippen LogP contribution in [0.3, 0.4) is 0 Å². The van der Waals surface area contributed by atoms with Crippen molar-refractivity contribution in [3.63, 3.8) is 0 Å². The lowest BCUT2D eigenvalue weighted by atomic mass is 10.1. The molecule has 0 unspecified atom stereocenters. The number of rotatable bonds is 7. The number of nitrogens with one attached hydrogen (secondary N) is 1. The smallest absolute Gasteiger partial charge is 0.417 e. The van der Waals surface area contributed by atoms with Crippen molar-refractivity contribution in [2.24, 2.45) is 5.92 Å². The Morgan fingerprint density at radius 3 is 2.51 bits per heavy atom. The second-order valence-electron chi connectivity index (χ2n) is 10.1. The van der Waals surface area contributed by atoms with Gasteiger partial charge in [0, 0.05) is 38.9 Å². The summed E-state index contributed by atoms with van der Waals surface area (Å²) in [5.74, 6) is -2.77. The normalized spacial score (nSPS) is 14.3. The van der Waals surface area contributed by atoms with Gasteiger partial charge in [0.05, 0.1) is 33.4 Å². The molecule has 4 aromatic rings. The average Bonchev–Trinajstić information content (AvgIpc) is 3.50. The van der Waals surface area contributed by atoms with Gasteiger partial charge in [-0.05, 0) is 35.7 Å². The van der Waals surface area contributed by atoms with Gasteiger partial charge in [0.2, 0.25) is 5.95 Å². The topological polar surface area (TPSA) is 77.2 Å². The van der Waals surface area contributed by atoms with Gasteiger partial charge in [-0.2, -0.15) is 18.3 Å². The highest BCUT2D eigenvalue weighted by atomic mass is 35.5. The minimum absolute atomic E-state index is 0.0479. The summed E-state index contributed by atoms with van der Waals surface area (Å²) in [5, 5.41) is 7.37. The van der Waals surface area contributed by atoms with Gasteiger partial charge in [-0.1, -0.05) is 43.1 Å². The van der Waals surface area contributed by atoms with E-state index in [2.05, 4.69) is 10.4 Å². The Labute approximate surface area is 242 Å². The van der Waals surface area contributed by atoms with Crippen molar-refractivity contribution < 1.29 is 27.1 Å². The zero-order valence-electron chi connectivity index (χ0n) is 22.1. The molecule has 1 aliphatic rings. The van der Waals surface area contributed by atoms with Crippen molar-refractivity contribution in [1.82, 2.24) is 24.6 Å². The molecule has 14 heteroatoms. The predicted molar refractivity (Wildman–Crippen MR) is 148 cm³/mol. The highest BCUT2D eigenvalue weighted by Gasteiger charge is 2.42. The van der Waals surface area contributed by atoms with Crippen LogP contribution in [-0.4, -0.2) is 57.7 Å². The molecule has 1 saturated heterocycles. The van der Waals surface area contributed by atoms with Gasteiger partial charge >= 0.3 is 12.1 Å². The van der Waals surface area contributed by atoms with Gasteiger partial charge in [-0.3, -0.25) is 4.68 Å². The largest absolute Gasteiger partial charge is 0.491 e. The summed E-state index contributed by atoms with van der Waals surface area (Å²) in [4.78, 5) is 19.0. The summed E-state index contributed by atoms with van der Waals surface area (Å²) in [6.07, 6.45) is -3.74. The number of piperazine rings is 1. The number of benzene rings is 2. The van der Waals surface area contributed by atoms with Crippen LogP contribution in [0.1, 0.15) is 19.4 Å². The Balaban J connectivity index is 1.78. The number of ether oxygens (including phenoxy) is 1. The third-order valence-electron chi connectivity index (χ3n) is 6.59. The average molecular weight is 613 g/mol. The first-order valence-electron chi connectivity index (χ1n) is 12.9. The Bertz CT molecular complexity index is 1590. The van der Waals surface area contributed by atoms with Gasteiger partial charge in [0.25, 0.3) is 0 Å². The monoisotopic (exact) mass is 612 g/mol. The number of esters is 1. The van der Waals surface area contributed by atoms with Crippen LogP contribution in [-0.2, 0) is 17.9 Å². The molecule has 0 bridgehead atoms. The van der Waals surface area contributed by atoms with Crippen molar-refractivity contribution in [2.75, 3.05) is 31.1 Å². The molecule has 0 amide bonds. The lowest BCUT2D eigenvalue weighted by molar-refractivity contribution is -0.189. The van der Waals surface area contributed by atoms with E-state index >= 15 is 0 Å². The Hall–Kier alpha value is -3.35. The van der Waals surface area contributed by atoms with Gasteiger partial charge in [0.15, 0.2) is 5.75 Å². The number of aromatic nitrogens is 4. The molecule has 1 N–H and O–H groups in total. The Morgan fingerprint density at radius 1 is 1.12 bits per heavy atom. The molecule has 0 radical (unpaired) electrons. The van der Waals surface area contributed by atoms with Crippen LogP contribution in [0.15, 0.2) is 36.5 Å². The third kappa shape index (κ3) is 6.00. The number of anilines is 1. The lowest BCUT2D eigenvalue weighted by Crippen LogP contribution is -2.44.